The van der Waals surface area contributed by atoms with Crippen molar-refractivity contribution in [3.8, 4) is 0 Å². The molecule has 0 saturated heterocycles. The molecule has 0 aliphatic rings. The van der Waals surface area contributed by atoms with Gasteiger partial charge in [0.25, 0.3) is 5.56 Å². The minimum Gasteiger partial charge on any atom is -0.479 e. The fraction of sp³-hybridized carbons (Fsp3) is 0.375. The van der Waals surface area contributed by atoms with Crippen LogP contribution in [0.1, 0.15) is 6.42 Å². The molecular formula is C8H11N3O7S. The molecule has 0 aromatic carbocycles. The highest BCUT2D eigenvalue weighted by molar-refractivity contribution is 7.89. The third-order valence-corrected chi connectivity index (χ3v) is 3.54. The number of aliphatic carboxylic acids is 1. The molecule has 1 aromatic rings. The van der Waals surface area contributed by atoms with E-state index < -0.39 is 38.2 Å². The first-order chi connectivity index (χ1) is 8.74. The van der Waals surface area contributed by atoms with Crippen LogP contribution in [0.3, 0.4) is 0 Å². The zero-order valence-electron chi connectivity index (χ0n) is 9.41. The van der Waals surface area contributed by atoms with Crippen LogP contribution in [-0.2, 0) is 14.8 Å². The summed E-state index contributed by atoms with van der Waals surface area (Å²) >= 11 is 0. The Morgan fingerprint density at radius 2 is 2.05 bits per heavy atom. The molecule has 10 nitrogen and oxygen atoms in total. The Balaban J connectivity index is 2.80. The smallest absolute Gasteiger partial charge is 0.332 e. The highest BCUT2D eigenvalue weighted by Gasteiger charge is 2.20. The molecule has 19 heavy (non-hydrogen) atoms. The SMILES string of the molecule is O=C(O)[C@@H](O)CCNS(=O)(=O)c1c[nH]c(=O)[nH]c1=O. The number of aromatic nitrogens is 2. The molecule has 0 radical (unpaired) electrons. The normalized spacial score (nSPS) is 13.1. The third kappa shape index (κ3) is 4.01. The van der Waals surface area contributed by atoms with E-state index in [1.165, 1.54) is 0 Å². The first kappa shape index (κ1) is 15.1. The van der Waals surface area contributed by atoms with Gasteiger partial charge in [0, 0.05) is 12.7 Å². The maximum Gasteiger partial charge on any atom is 0.332 e. The zero-order valence-corrected chi connectivity index (χ0v) is 10.2. The predicted octanol–water partition coefficient (Wildman–Crippen LogP) is -2.82. The Morgan fingerprint density at radius 1 is 1.42 bits per heavy atom. The topological polar surface area (TPSA) is 169 Å². The van der Waals surface area contributed by atoms with Crippen LogP contribution in [0.15, 0.2) is 20.7 Å². The number of sulfonamides is 1. The largest absolute Gasteiger partial charge is 0.479 e. The van der Waals surface area contributed by atoms with E-state index in [-0.39, 0.29) is 13.0 Å². The van der Waals surface area contributed by atoms with Gasteiger partial charge in [-0.1, -0.05) is 0 Å². The third-order valence-electron chi connectivity index (χ3n) is 2.07. The molecule has 0 amide bonds. The van der Waals surface area contributed by atoms with Crippen molar-refractivity contribution in [1.29, 1.82) is 0 Å². The molecule has 1 aromatic heterocycles. The predicted molar refractivity (Wildman–Crippen MR) is 61.1 cm³/mol. The minimum atomic E-state index is -4.20. The number of carboxylic acids is 1. The standard InChI is InChI=1S/C8H11N3O7S/c12-4(7(14)15)1-2-10-19(17,18)5-3-9-8(16)11-6(5)13/h3-4,10,12H,1-2H2,(H,14,15)(H2,9,11,13,16)/t4-/m0/s1. The Kier molecular flexibility index (Phi) is 4.58. The molecule has 5 N–H and O–H groups in total. The van der Waals surface area contributed by atoms with Gasteiger partial charge in [-0.15, -0.1) is 0 Å². The van der Waals surface area contributed by atoms with E-state index in [2.05, 4.69) is 0 Å². The van der Waals surface area contributed by atoms with Crippen LogP contribution in [0.2, 0.25) is 0 Å². The Bertz CT molecular complexity index is 674. The molecule has 0 unspecified atom stereocenters. The maximum absolute atomic E-state index is 11.6. The Hall–Kier alpha value is -1.98. The van der Waals surface area contributed by atoms with Crippen LogP contribution in [0.4, 0.5) is 0 Å². The van der Waals surface area contributed by atoms with Crippen LogP contribution in [-0.4, -0.2) is 47.2 Å². The molecule has 1 rings (SSSR count). The van der Waals surface area contributed by atoms with Gasteiger partial charge >= 0.3 is 11.7 Å². The summed E-state index contributed by atoms with van der Waals surface area (Å²) in [6.07, 6.45) is -1.36. The second-order valence-corrected chi connectivity index (χ2v) is 5.21. The van der Waals surface area contributed by atoms with Gasteiger partial charge < -0.3 is 15.2 Å². The lowest BCUT2D eigenvalue weighted by molar-refractivity contribution is -0.146. The number of carboxylic acid groups (broad SMARTS) is 1. The van der Waals surface area contributed by atoms with E-state index in [0.717, 1.165) is 6.20 Å². The molecule has 0 aliphatic carbocycles. The first-order valence-corrected chi connectivity index (χ1v) is 6.45. The maximum atomic E-state index is 11.6. The summed E-state index contributed by atoms with van der Waals surface area (Å²) in [5.74, 6) is -1.49. The zero-order chi connectivity index (χ0) is 14.6. The molecular weight excluding hydrogens is 282 g/mol. The van der Waals surface area contributed by atoms with Gasteiger partial charge in [0.05, 0.1) is 0 Å². The Labute approximate surface area is 106 Å². The van der Waals surface area contributed by atoms with Crippen LogP contribution in [0, 0.1) is 0 Å². The lowest BCUT2D eigenvalue weighted by Crippen LogP contribution is -2.35. The van der Waals surface area contributed by atoms with Crippen molar-refractivity contribution in [3.05, 3.63) is 27.0 Å². The van der Waals surface area contributed by atoms with Gasteiger partial charge in [-0.3, -0.25) is 9.78 Å². The lowest BCUT2D eigenvalue weighted by Gasteiger charge is -2.07. The second kappa shape index (κ2) is 5.77. The number of aliphatic hydroxyl groups excluding tert-OH is 1. The van der Waals surface area contributed by atoms with Crippen molar-refractivity contribution in [2.45, 2.75) is 17.4 Å². The summed E-state index contributed by atoms with van der Waals surface area (Å²) in [5.41, 5.74) is -1.96. The molecule has 0 saturated carbocycles. The van der Waals surface area contributed by atoms with Crippen molar-refractivity contribution in [3.63, 3.8) is 0 Å². The highest BCUT2D eigenvalue weighted by atomic mass is 32.2. The van der Waals surface area contributed by atoms with Gasteiger partial charge in [0.1, 0.15) is 0 Å². The molecule has 0 fully saturated rings. The van der Waals surface area contributed by atoms with Crippen molar-refractivity contribution in [1.82, 2.24) is 14.7 Å². The number of rotatable bonds is 6. The minimum absolute atomic E-state index is 0.365. The van der Waals surface area contributed by atoms with Crippen molar-refractivity contribution < 1.29 is 23.4 Å². The molecule has 106 valence electrons. The monoisotopic (exact) mass is 293 g/mol. The molecule has 1 heterocycles. The quantitative estimate of drug-likeness (QED) is 0.376. The van der Waals surface area contributed by atoms with Gasteiger partial charge in [0.15, 0.2) is 11.0 Å². The summed E-state index contributed by atoms with van der Waals surface area (Å²) in [5, 5.41) is 17.3. The van der Waals surface area contributed by atoms with Crippen molar-refractivity contribution >= 4 is 16.0 Å². The lowest BCUT2D eigenvalue weighted by atomic mass is 10.3. The highest BCUT2D eigenvalue weighted by Crippen LogP contribution is 1.99. The van der Waals surface area contributed by atoms with E-state index in [1.807, 2.05) is 9.71 Å². The first-order valence-electron chi connectivity index (χ1n) is 4.96. The van der Waals surface area contributed by atoms with Crippen LogP contribution in [0.5, 0.6) is 0 Å². The summed E-state index contributed by atoms with van der Waals surface area (Å²) in [7, 11) is -4.20. The van der Waals surface area contributed by atoms with E-state index >= 15 is 0 Å². The van der Waals surface area contributed by atoms with Gasteiger partial charge in [-0.25, -0.2) is 22.7 Å². The molecule has 0 bridgehead atoms. The van der Waals surface area contributed by atoms with Crippen molar-refractivity contribution in [2.24, 2.45) is 0 Å². The average molecular weight is 293 g/mol. The fourth-order valence-electron chi connectivity index (χ4n) is 1.13. The summed E-state index contributed by atoms with van der Waals surface area (Å²) < 4.78 is 25.2. The number of carbonyl (C=O) groups is 1. The second-order valence-electron chi connectivity index (χ2n) is 3.48. The molecule has 1 atom stereocenters. The van der Waals surface area contributed by atoms with E-state index in [4.69, 9.17) is 10.2 Å². The van der Waals surface area contributed by atoms with Gasteiger partial charge in [-0.2, -0.15) is 0 Å². The van der Waals surface area contributed by atoms with Crippen LogP contribution in [0.25, 0.3) is 0 Å². The number of H-pyrrole nitrogens is 2. The van der Waals surface area contributed by atoms with Gasteiger partial charge in [0.2, 0.25) is 10.0 Å². The molecule has 0 spiro atoms. The van der Waals surface area contributed by atoms with Crippen molar-refractivity contribution in [2.75, 3.05) is 6.54 Å². The Morgan fingerprint density at radius 3 is 2.58 bits per heavy atom. The molecule has 11 heteroatoms. The van der Waals surface area contributed by atoms with E-state index in [0.29, 0.717) is 0 Å². The average Bonchev–Trinajstić information content (AvgIpc) is 2.27. The summed E-state index contributed by atoms with van der Waals surface area (Å²) in [6.45, 7) is -0.381. The number of nitrogens with one attached hydrogen (secondary N) is 3. The molecule has 0 aliphatic heterocycles. The fourth-order valence-corrected chi connectivity index (χ4v) is 2.18. The van der Waals surface area contributed by atoms with Crippen LogP contribution >= 0.6 is 0 Å². The number of aliphatic hydroxyl groups is 1. The number of hydrogen-bond acceptors (Lipinski definition) is 6. The van der Waals surface area contributed by atoms with Crippen LogP contribution < -0.4 is 16.0 Å². The van der Waals surface area contributed by atoms with E-state index in [1.54, 1.807) is 4.98 Å². The summed E-state index contributed by atoms with van der Waals surface area (Å²) in [6, 6.07) is 0. The number of hydrogen-bond donors (Lipinski definition) is 5. The van der Waals surface area contributed by atoms with E-state index in [9.17, 15) is 22.8 Å². The van der Waals surface area contributed by atoms with Gasteiger partial charge in [-0.05, 0) is 6.42 Å². The number of aromatic amines is 2. The summed E-state index contributed by atoms with van der Waals surface area (Å²) in [4.78, 5) is 35.3.